The standard InChI is InChI=1S/C18H14Cl2FN3O2/c1-10(22-16(25)9-11-2-7-14(19)15(20)8-11)18-23-17(24-26-18)12-3-5-13(21)6-4-12/h2-8,10H,9H2,1H3,(H,22,25). The van der Waals surface area contributed by atoms with E-state index in [0.29, 0.717) is 21.4 Å². The molecule has 1 amide bonds. The maximum atomic E-state index is 13.0. The number of amides is 1. The highest BCUT2D eigenvalue weighted by Crippen LogP contribution is 2.23. The molecule has 0 aliphatic rings. The van der Waals surface area contributed by atoms with Crippen molar-refractivity contribution >= 4 is 29.1 Å². The summed E-state index contributed by atoms with van der Waals surface area (Å²) in [7, 11) is 0. The van der Waals surface area contributed by atoms with Gasteiger partial charge in [0.25, 0.3) is 0 Å². The van der Waals surface area contributed by atoms with Crippen molar-refractivity contribution in [3.8, 4) is 11.4 Å². The zero-order valence-corrected chi connectivity index (χ0v) is 15.2. The van der Waals surface area contributed by atoms with Crippen LogP contribution in [0, 0.1) is 5.82 Å². The molecule has 134 valence electrons. The van der Waals surface area contributed by atoms with Gasteiger partial charge >= 0.3 is 0 Å². The molecule has 0 fully saturated rings. The number of hydrogen-bond acceptors (Lipinski definition) is 4. The maximum Gasteiger partial charge on any atom is 0.249 e. The van der Waals surface area contributed by atoms with E-state index in [0.717, 1.165) is 5.56 Å². The molecule has 1 unspecified atom stereocenters. The Labute approximate surface area is 159 Å². The molecule has 2 aromatic carbocycles. The number of halogens is 3. The second kappa shape index (κ2) is 7.85. The van der Waals surface area contributed by atoms with Gasteiger partial charge in [-0.2, -0.15) is 4.98 Å². The van der Waals surface area contributed by atoms with Gasteiger partial charge in [-0.15, -0.1) is 0 Å². The number of nitrogens with one attached hydrogen (secondary N) is 1. The van der Waals surface area contributed by atoms with E-state index in [-0.39, 0.29) is 24.0 Å². The first kappa shape index (κ1) is 18.4. The Kier molecular flexibility index (Phi) is 5.54. The van der Waals surface area contributed by atoms with Gasteiger partial charge in [-0.25, -0.2) is 4.39 Å². The highest BCUT2D eigenvalue weighted by molar-refractivity contribution is 6.42. The Morgan fingerprint density at radius 1 is 1.19 bits per heavy atom. The molecule has 3 rings (SSSR count). The van der Waals surface area contributed by atoms with Crippen molar-refractivity contribution in [3.63, 3.8) is 0 Å². The topological polar surface area (TPSA) is 68.0 Å². The van der Waals surface area contributed by atoms with Crippen LogP contribution in [0.15, 0.2) is 47.0 Å². The molecule has 0 radical (unpaired) electrons. The minimum atomic E-state index is -0.480. The molecule has 0 saturated heterocycles. The van der Waals surface area contributed by atoms with Crippen molar-refractivity contribution in [3.05, 3.63) is 69.8 Å². The number of aromatic nitrogens is 2. The smallest absolute Gasteiger partial charge is 0.249 e. The lowest BCUT2D eigenvalue weighted by atomic mass is 10.1. The van der Waals surface area contributed by atoms with Crippen molar-refractivity contribution in [2.24, 2.45) is 0 Å². The first-order valence-corrected chi connectivity index (χ1v) is 8.51. The maximum absolute atomic E-state index is 13.0. The molecule has 8 heteroatoms. The monoisotopic (exact) mass is 393 g/mol. The minimum Gasteiger partial charge on any atom is -0.344 e. The van der Waals surface area contributed by atoms with E-state index in [1.807, 2.05) is 0 Å². The van der Waals surface area contributed by atoms with E-state index < -0.39 is 6.04 Å². The molecule has 26 heavy (non-hydrogen) atoms. The van der Waals surface area contributed by atoms with Gasteiger partial charge in [0.1, 0.15) is 11.9 Å². The predicted octanol–water partition coefficient (Wildman–Crippen LogP) is 4.60. The highest BCUT2D eigenvalue weighted by Gasteiger charge is 2.18. The number of carbonyl (C=O) groups is 1. The van der Waals surface area contributed by atoms with Crippen LogP contribution in [0.1, 0.15) is 24.4 Å². The second-order valence-electron chi connectivity index (χ2n) is 5.68. The van der Waals surface area contributed by atoms with Crippen molar-refractivity contribution in [1.82, 2.24) is 15.5 Å². The Bertz CT molecular complexity index is 928. The molecule has 0 aliphatic heterocycles. The quantitative estimate of drug-likeness (QED) is 0.687. The summed E-state index contributed by atoms with van der Waals surface area (Å²) in [6.45, 7) is 1.73. The average molecular weight is 394 g/mol. The van der Waals surface area contributed by atoms with Crippen LogP contribution in [0.5, 0.6) is 0 Å². The summed E-state index contributed by atoms with van der Waals surface area (Å²) < 4.78 is 18.2. The molecule has 0 bridgehead atoms. The molecular weight excluding hydrogens is 380 g/mol. The van der Waals surface area contributed by atoms with Crippen molar-refractivity contribution in [2.75, 3.05) is 0 Å². The van der Waals surface area contributed by atoms with Crippen LogP contribution >= 0.6 is 23.2 Å². The summed E-state index contributed by atoms with van der Waals surface area (Å²) in [4.78, 5) is 16.4. The lowest BCUT2D eigenvalue weighted by Gasteiger charge is -2.10. The summed E-state index contributed by atoms with van der Waals surface area (Å²) in [6.07, 6.45) is 0.139. The van der Waals surface area contributed by atoms with Gasteiger partial charge in [-0.3, -0.25) is 4.79 Å². The molecule has 1 heterocycles. The van der Waals surface area contributed by atoms with Crippen molar-refractivity contribution in [1.29, 1.82) is 0 Å². The van der Waals surface area contributed by atoms with Gasteiger partial charge in [0.15, 0.2) is 0 Å². The fourth-order valence-corrected chi connectivity index (χ4v) is 2.64. The van der Waals surface area contributed by atoms with Crippen LogP contribution < -0.4 is 5.32 Å². The highest BCUT2D eigenvalue weighted by atomic mass is 35.5. The zero-order valence-electron chi connectivity index (χ0n) is 13.7. The van der Waals surface area contributed by atoms with Gasteiger partial charge in [-0.05, 0) is 48.9 Å². The molecular formula is C18H14Cl2FN3O2. The van der Waals surface area contributed by atoms with E-state index in [1.54, 1.807) is 37.3 Å². The van der Waals surface area contributed by atoms with E-state index in [9.17, 15) is 9.18 Å². The van der Waals surface area contributed by atoms with E-state index in [1.165, 1.54) is 12.1 Å². The zero-order chi connectivity index (χ0) is 18.7. The Morgan fingerprint density at radius 2 is 1.92 bits per heavy atom. The predicted molar refractivity (Wildman–Crippen MR) is 96.4 cm³/mol. The van der Waals surface area contributed by atoms with Crippen molar-refractivity contribution < 1.29 is 13.7 Å². The second-order valence-corrected chi connectivity index (χ2v) is 6.49. The lowest BCUT2D eigenvalue weighted by molar-refractivity contribution is -0.121. The third-order valence-corrected chi connectivity index (χ3v) is 4.38. The SMILES string of the molecule is CC(NC(=O)Cc1ccc(Cl)c(Cl)c1)c1nc(-c2ccc(F)cc2)no1. The third kappa shape index (κ3) is 4.39. The molecule has 0 spiro atoms. The van der Waals surface area contributed by atoms with E-state index in [4.69, 9.17) is 27.7 Å². The lowest BCUT2D eigenvalue weighted by Crippen LogP contribution is -2.28. The van der Waals surface area contributed by atoms with Gasteiger partial charge < -0.3 is 9.84 Å². The summed E-state index contributed by atoms with van der Waals surface area (Å²) >= 11 is 11.8. The molecule has 3 aromatic rings. The number of benzene rings is 2. The Hall–Kier alpha value is -2.44. The first-order valence-electron chi connectivity index (χ1n) is 7.75. The Morgan fingerprint density at radius 3 is 2.62 bits per heavy atom. The number of rotatable bonds is 5. The minimum absolute atomic E-state index is 0.139. The summed E-state index contributed by atoms with van der Waals surface area (Å²) in [5.41, 5.74) is 1.36. The van der Waals surface area contributed by atoms with Crippen LogP contribution in [0.2, 0.25) is 10.0 Å². The van der Waals surface area contributed by atoms with E-state index in [2.05, 4.69) is 15.5 Å². The van der Waals surface area contributed by atoms with Gasteiger partial charge in [0.2, 0.25) is 17.6 Å². The van der Waals surface area contributed by atoms with Crippen LogP contribution in [0.4, 0.5) is 4.39 Å². The number of hydrogen-bond donors (Lipinski definition) is 1. The van der Waals surface area contributed by atoms with E-state index >= 15 is 0 Å². The Balaban J connectivity index is 1.64. The molecule has 5 nitrogen and oxygen atoms in total. The van der Waals surface area contributed by atoms with Gasteiger partial charge in [0, 0.05) is 5.56 Å². The summed E-state index contributed by atoms with van der Waals surface area (Å²) in [5.74, 6) is 0.00946. The molecule has 0 saturated carbocycles. The fraction of sp³-hybridized carbons (Fsp3) is 0.167. The van der Waals surface area contributed by atoms with Gasteiger partial charge in [0.05, 0.1) is 16.5 Å². The summed E-state index contributed by atoms with van der Waals surface area (Å²) in [5, 5.41) is 7.47. The third-order valence-electron chi connectivity index (χ3n) is 3.64. The molecule has 1 atom stereocenters. The van der Waals surface area contributed by atoms with Crippen LogP contribution in [-0.2, 0) is 11.2 Å². The molecule has 0 aliphatic carbocycles. The number of carbonyl (C=O) groups excluding carboxylic acids is 1. The van der Waals surface area contributed by atoms with Crippen LogP contribution in [0.25, 0.3) is 11.4 Å². The molecule has 1 N–H and O–H groups in total. The van der Waals surface area contributed by atoms with Crippen LogP contribution in [-0.4, -0.2) is 16.0 Å². The molecule has 1 aromatic heterocycles. The fourth-order valence-electron chi connectivity index (χ4n) is 2.32. The van der Waals surface area contributed by atoms with Gasteiger partial charge in [-0.1, -0.05) is 34.4 Å². The largest absolute Gasteiger partial charge is 0.344 e. The first-order chi connectivity index (χ1) is 12.4. The summed E-state index contributed by atoms with van der Waals surface area (Å²) in [6, 6.07) is 10.3. The van der Waals surface area contributed by atoms with Crippen molar-refractivity contribution in [2.45, 2.75) is 19.4 Å². The number of nitrogens with zero attached hydrogens (tertiary/aromatic N) is 2. The normalized spacial score (nSPS) is 12.0. The average Bonchev–Trinajstić information content (AvgIpc) is 3.09. The van der Waals surface area contributed by atoms with Crippen LogP contribution in [0.3, 0.4) is 0 Å².